The lowest BCUT2D eigenvalue weighted by Gasteiger charge is -2.07. The summed E-state index contributed by atoms with van der Waals surface area (Å²) < 4.78 is 5.60. The number of carbonyl (C=O) groups is 1. The quantitative estimate of drug-likeness (QED) is 0.767. The van der Waals surface area contributed by atoms with E-state index in [2.05, 4.69) is 6.07 Å². The molecule has 0 heterocycles. The topological polar surface area (TPSA) is 50.1 Å². The van der Waals surface area contributed by atoms with Crippen LogP contribution in [0.4, 0.5) is 0 Å². The molecule has 2 aromatic rings. The Labute approximate surface area is 105 Å². The Hall–Kier alpha value is -2.60. The van der Waals surface area contributed by atoms with Crippen molar-refractivity contribution in [1.82, 2.24) is 0 Å². The molecule has 18 heavy (non-hydrogen) atoms. The van der Waals surface area contributed by atoms with E-state index < -0.39 is 0 Å². The number of ether oxygens (including phenoxy) is 1. The first-order valence-corrected chi connectivity index (χ1v) is 5.48. The fraction of sp³-hybridized carbons (Fsp3) is 0.0667. The van der Waals surface area contributed by atoms with Gasteiger partial charge in [-0.25, -0.2) is 0 Å². The zero-order chi connectivity index (χ0) is 13.0. The number of nitrogens with zero attached hydrogens (tertiary/aromatic N) is 1. The third-order valence-electron chi connectivity index (χ3n) is 2.50. The van der Waals surface area contributed by atoms with Crippen molar-refractivity contribution in [3.63, 3.8) is 0 Å². The van der Waals surface area contributed by atoms with E-state index in [1.54, 1.807) is 48.5 Å². The first kappa shape index (κ1) is 11.9. The molecule has 88 valence electrons. The van der Waals surface area contributed by atoms with E-state index in [1.165, 1.54) is 6.92 Å². The van der Waals surface area contributed by atoms with E-state index in [4.69, 9.17) is 10.00 Å². The van der Waals surface area contributed by atoms with Crippen LogP contribution in [0.1, 0.15) is 22.8 Å². The maximum Gasteiger partial charge on any atom is 0.159 e. The van der Waals surface area contributed by atoms with E-state index in [-0.39, 0.29) is 5.78 Å². The van der Waals surface area contributed by atoms with Crippen molar-refractivity contribution in [3.05, 3.63) is 59.7 Å². The molecule has 0 aliphatic heterocycles. The molecule has 0 aliphatic carbocycles. The number of hydrogen-bond acceptors (Lipinski definition) is 3. The third-order valence-corrected chi connectivity index (χ3v) is 2.50. The zero-order valence-electron chi connectivity index (χ0n) is 9.88. The summed E-state index contributed by atoms with van der Waals surface area (Å²) in [4.78, 5) is 11.1. The van der Waals surface area contributed by atoms with Gasteiger partial charge in [0.2, 0.25) is 0 Å². The molecule has 0 fully saturated rings. The molecule has 0 aromatic heterocycles. The van der Waals surface area contributed by atoms with Crippen LogP contribution < -0.4 is 4.74 Å². The van der Waals surface area contributed by atoms with Crippen molar-refractivity contribution in [1.29, 1.82) is 5.26 Å². The van der Waals surface area contributed by atoms with Gasteiger partial charge in [-0.2, -0.15) is 5.26 Å². The molecule has 0 bridgehead atoms. The highest BCUT2D eigenvalue weighted by molar-refractivity contribution is 5.94. The number of nitriles is 1. The van der Waals surface area contributed by atoms with E-state index in [0.717, 1.165) is 0 Å². The predicted molar refractivity (Wildman–Crippen MR) is 67.7 cm³/mol. The highest BCUT2D eigenvalue weighted by Gasteiger charge is 2.04. The number of ketones is 1. The minimum absolute atomic E-state index is 0.0129. The second-order valence-electron chi connectivity index (χ2n) is 3.79. The highest BCUT2D eigenvalue weighted by atomic mass is 16.5. The molecule has 0 radical (unpaired) electrons. The van der Waals surface area contributed by atoms with Gasteiger partial charge in [-0.3, -0.25) is 4.79 Å². The van der Waals surface area contributed by atoms with Crippen LogP contribution in [0.2, 0.25) is 0 Å². The largest absolute Gasteiger partial charge is 0.456 e. The summed E-state index contributed by atoms with van der Waals surface area (Å²) in [7, 11) is 0. The standard InChI is InChI=1S/C15H11NO2/c1-11(17)12-6-8-14(9-7-12)18-15-5-3-2-4-13(15)10-16/h2-9H,1H3. The lowest BCUT2D eigenvalue weighted by Crippen LogP contribution is -1.92. The lowest BCUT2D eigenvalue weighted by molar-refractivity contribution is 0.101. The van der Waals surface area contributed by atoms with Crippen LogP contribution in [0.25, 0.3) is 0 Å². The molecule has 0 aliphatic rings. The first-order chi connectivity index (χ1) is 8.70. The van der Waals surface area contributed by atoms with Gasteiger partial charge in [0.15, 0.2) is 5.78 Å². The molecular weight excluding hydrogens is 226 g/mol. The predicted octanol–water partition coefficient (Wildman–Crippen LogP) is 3.55. The van der Waals surface area contributed by atoms with Crippen LogP contribution in [0.15, 0.2) is 48.5 Å². The van der Waals surface area contributed by atoms with Gasteiger partial charge in [-0.1, -0.05) is 12.1 Å². The smallest absolute Gasteiger partial charge is 0.159 e. The summed E-state index contributed by atoms with van der Waals surface area (Å²) in [6.07, 6.45) is 0. The Morgan fingerprint density at radius 2 is 1.78 bits per heavy atom. The monoisotopic (exact) mass is 237 g/mol. The van der Waals surface area contributed by atoms with E-state index in [9.17, 15) is 4.79 Å². The Morgan fingerprint density at radius 1 is 1.11 bits per heavy atom. The van der Waals surface area contributed by atoms with Gasteiger partial charge in [0.25, 0.3) is 0 Å². The number of benzene rings is 2. The van der Waals surface area contributed by atoms with Crippen LogP contribution in [0, 0.1) is 11.3 Å². The van der Waals surface area contributed by atoms with E-state index in [1.807, 2.05) is 0 Å². The van der Waals surface area contributed by atoms with Crippen LogP contribution in [-0.2, 0) is 0 Å². The summed E-state index contributed by atoms with van der Waals surface area (Å²) in [6, 6.07) is 15.9. The van der Waals surface area contributed by atoms with Crippen molar-refractivity contribution in [3.8, 4) is 17.6 Å². The molecule has 0 saturated heterocycles. The minimum atomic E-state index is 0.0129. The van der Waals surface area contributed by atoms with Crippen LogP contribution >= 0.6 is 0 Å². The van der Waals surface area contributed by atoms with Gasteiger partial charge in [0, 0.05) is 5.56 Å². The van der Waals surface area contributed by atoms with Gasteiger partial charge in [-0.15, -0.1) is 0 Å². The molecule has 2 rings (SSSR count). The van der Waals surface area contributed by atoms with Crippen molar-refractivity contribution in [2.45, 2.75) is 6.92 Å². The lowest BCUT2D eigenvalue weighted by atomic mass is 10.1. The Kier molecular flexibility index (Phi) is 3.40. The Balaban J connectivity index is 2.24. The van der Waals surface area contributed by atoms with Gasteiger partial charge in [0.1, 0.15) is 17.6 Å². The fourth-order valence-electron chi connectivity index (χ4n) is 1.53. The van der Waals surface area contributed by atoms with Crippen molar-refractivity contribution in [2.75, 3.05) is 0 Å². The number of hydrogen-bond donors (Lipinski definition) is 0. The third kappa shape index (κ3) is 2.55. The molecule has 0 spiro atoms. The molecule has 0 atom stereocenters. The molecule has 2 aromatic carbocycles. The van der Waals surface area contributed by atoms with Gasteiger partial charge in [0.05, 0.1) is 5.56 Å². The van der Waals surface area contributed by atoms with Crippen molar-refractivity contribution < 1.29 is 9.53 Å². The fourth-order valence-corrected chi connectivity index (χ4v) is 1.53. The van der Waals surface area contributed by atoms with E-state index >= 15 is 0 Å². The summed E-state index contributed by atoms with van der Waals surface area (Å²) in [5.74, 6) is 1.12. The molecule has 3 heteroatoms. The van der Waals surface area contributed by atoms with Crippen LogP contribution in [0.5, 0.6) is 11.5 Å². The summed E-state index contributed by atoms with van der Waals surface area (Å²) in [6.45, 7) is 1.51. The van der Waals surface area contributed by atoms with Crippen molar-refractivity contribution >= 4 is 5.78 Å². The Morgan fingerprint density at radius 3 is 2.39 bits per heavy atom. The minimum Gasteiger partial charge on any atom is -0.456 e. The molecular formula is C15H11NO2. The molecule has 0 saturated carbocycles. The van der Waals surface area contributed by atoms with Gasteiger partial charge < -0.3 is 4.74 Å². The maximum absolute atomic E-state index is 11.1. The average molecular weight is 237 g/mol. The van der Waals surface area contributed by atoms with Crippen molar-refractivity contribution in [2.24, 2.45) is 0 Å². The SMILES string of the molecule is CC(=O)c1ccc(Oc2ccccc2C#N)cc1. The number of para-hydroxylation sites is 1. The second kappa shape index (κ2) is 5.15. The second-order valence-corrected chi connectivity index (χ2v) is 3.79. The van der Waals surface area contributed by atoms with Crippen LogP contribution in [0.3, 0.4) is 0 Å². The first-order valence-electron chi connectivity index (χ1n) is 5.48. The summed E-state index contributed by atoms with van der Waals surface area (Å²) in [5.41, 5.74) is 1.11. The zero-order valence-corrected chi connectivity index (χ0v) is 9.88. The van der Waals surface area contributed by atoms with E-state index in [0.29, 0.717) is 22.6 Å². The number of carbonyl (C=O) groups excluding carboxylic acids is 1. The molecule has 0 unspecified atom stereocenters. The molecule has 0 amide bonds. The number of rotatable bonds is 3. The number of Topliss-reactive ketones (excluding diaryl/α,β-unsaturated/α-hetero) is 1. The molecule has 0 N–H and O–H groups in total. The summed E-state index contributed by atoms with van der Waals surface area (Å²) in [5, 5.41) is 8.94. The highest BCUT2D eigenvalue weighted by Crippen LogP contribution is 2.24. The normalized spacial score (nSPS) is 9.56. The van der Waals surface area contributed by atoms with Gasteiger partial charge >= 0.3 is 0 Å². The summed E-state index contributed by atoms with van der Waals surface area (Å²) >= 11 is 0. The molecule has 3 nitrogen and oxygen atoms in total. The van der Waals surface area contributed by atoms with Gasteiger partial charge in [-0.05, 0) is 43.3 Å². The van der Waals surface area contributed by atoms with Crippen LogP contribution in [-0.4, -0.2) is 5.78 Å². The average Bonchev–Trinajstić information content (AvgIpc) is 2.40. The Bertz CT molecular complexity index is 609. The maximum atomic E-state index is 11.1.